The van der Waals surface area contributed by atoms with Crippen LogP contribution in [0.15, 0.2) is 24.3 Å². The summed E-state index contributed by atoms with van der Waals surface area (Å²) in [5.74, 6) is 0. The van der Waals surface area contributed by atoms with E-state index in [0.717, 1.165) is 37.7 Å². The van der Waals surface area contributed by atoms with E-state index < -0.39 is 0 Å². The zero-order chi connectivity index (χ0) is 15.7. The van der Waals surface area contributed by atoms with Gasteiger partial charge in [-0.1, -0.05) is 23.7 Å². The van der Waals surface area contributed by atoms with E-state index in [1.54, 1.807) is 4.90 Å². The lowest BCUT2D eigenvalue weighted by atomic mass is 9.80. The molecular weight excluding hydrogens is 302 g/mol. The molecule has 1 aromatic rings. The van der Waals surface area contributed by atoms with Crippen molar-refractivity contribution in [3.05, 3.63) is 34.9 Å². The van der Waals surface area contributed by atoms with Crippen molar-refractivity contribution in [2.24, 2.45) is 0 Å². The van der Waals surface area contributed by atoms with Crippen LogP contribution in [0.3, 0.4) is 0 Å². The molecule has 5 heteroatoms. The number of nitrogens with zero attached hydrogens (tertiary/aromatic N) is 1. The Labute approximate surface area is 136 Å². The van der Waals surface area contributed by atoms with Crippen molar-refractivity contribution in [2.45, 2.75) is 56.8 Å². The zero-order valence-corrected chi connectivity index (χ0v) is 13.6. The quantitative estimate of drug-likeness (QED) is 0.897. The second-order valence-electron chi connectivity index (χ2n) is 6.45. The number of aliphatic hydroxyl groups is 1. The van der Waals surface area contributed by atoms with Gasteiger partial charge in [-0.25, -0.2) is 4.79 Å². The van der Waals surface area contributed by atoms with E-state index in [-0.39, 0.29) is 23.8 Å². The minimum absolute atomic E-state index is 0.0312. The van der Waals surface area contributed by atoms with Gasteiger partial charge in [0.2, 0.25) is 0 Å². The number of hydrogen-bond acceptors (Lipinski definition) is 3. The highest BCUT2D eigenvalue weighted by Gasteiger charge is 2.44. The molecule has 1 saturated carbocycles. The Balaban J connectivity index is 1.68. The molecule has 22 heavy (non-hydrogen) atoms. The van der Waals surface area contributed by atoms with Crippen molar-refractivity contribution >= 4 is 17.7 Å². The number of benzene rings is 1. The first kappa shape index (κ1) is 15.6. The second-order valence-corrected chi connectivity index (χ2v) is 6.89. The SMILES string of the molecule is CC(c1ccc(Cl)cc1)N1CCC2(CCC(O)CC2)OC1=O. The molecule has 1 heterocycles. The van der Waals surface area contributed by atoms with Crippen LogP contribution < -0.4 is 0 Å². The van der Waals surface area contributed by atoms with E-state index in [1.165, 1.54) is 0 Å². The molecule has 2 aliphatic rings. The summed E-state index contributed by atoms with van der Waals surface area (Å²) < 4.78 is 5.79. The van der Waals surface area contributed by atoms with Gasteiger partial charge in [0.1, 0.15) is 5.60 Å². The predicted octanol–water partition coefficient (Wildman–Crippen LogP) is 3.92. The van der Waals surface area contributed by atoms with Crippen LogP contribution in [0.5, 0.6) is 0 Å². The van der Waals surface area contributed by atoms with Gasteiger partial charge in [0, 0.05) is 18.0 Å². The van der Waals surface area contributed by atoms with E-state index in [0.29, 0.717) is 11.6 Å². The molecule has 1 aliphatic carbocycles. The van der Waals surface area contributed by atoms with Crippen LogP contribution in [0.2, 0.25) is 5.02 Å². The van der Waals surface area contributed by atoms with Crippen LogP contribution in [0.1, 0.15) is 50.6 Å². The normalized spacial score (nSPS) is 30.2. The third kappa shape index (κ3) is 3.08. The molecule has 1 unspecified atom stereocenters. The molecule has 0 aromatic heterocycles. The molecule has 1 atom stereocenters. The van der Waals surface area contributed by atoms with Gasteiger partial charge in [0.25, 0.3) is 0 Å². The van der Waals surface area contributed by atoms with Gasteiger partial charge in [-0.05, 0) is 50.3 Å². The standard InChI is InChI=1S/C17H22ClNO3/c1-12(13-2-4-14(18)5-3-13)19-11-10-17(22-16(19)21)8-6-15(20)7-9-17/h2-5,12,15,20H,6-11H2,1H3. The Kier molecular flexibility index (Phi) is 4.33. The summed E-state index contributed by atoms with van der Waals surface area (Å²) in [5.41, 5.74) is 0.698. The van der Waals surface area contributed by atoms with Gasteiger partial charge in [0.15, 0.2) is 0 Å². The highest BCUT2D eigenvalue weighted by atomic mass is 35.5. The summed E-state index contributed by atoms with van der Waals surface area (Å²) in [5, 5.41) is 10.3. The Morgan fingerprint density at radius 2 is 1.91 bits per heavy atom. The number of ether oxygens (including phenoxy) is 1. The first-order valence-corrected chi connectivity index (χ1v) is 8.30. The van der Waals surface area contributed by atoms with Gasteiger partial charge in [0.05, 0.1) is 12.1 Å². The first-order valence-electron chi connectivity index (χ1n) is 7.92. The van der Waals surface area contributed by atoms with E-state index >= 15 is 0 Å². The van der Waals surface area contributed by atoms with Crippen LogP contribution in [-0.4, -0.2) is 34.3 Å². The van der Waals surface area contributed by atoms with Gasteiger partial charge in [-0.3, -0.25) is 0 Å². The largest absolute Gasteiger partial charge is 0.443 e. The molecule has 1 saturated heterocycles. The molecule has 4 nitrogen and oxygen atoms in total. The van der Waals surface area contributed by atoms with Crippen molar-refractivity contribution < 1.29 is 14.6 Å². The highest BCUT2D eigenvalue weighted by Crippen LogP contribution is 2.39. The molecule has 120 valence electrons. The van der Waals surface area contributed by atoms with E-state index in [4.69, 9.17) is 16.3 Å². The minimum atomic E-state index is -0.355. The summed E-state index contributed by atoms with van der Waals surface area (Å²) in [6, 6.07) is 7.54. The van der Waals surface area contributed by atoms with Crippen LogP contribution >= 0.6 is 11.6 Å². The monoisotopic (exact) mass is 323 g/mol. The zero-order valence-electron chi connectivity index (χ0n) is 12.8. The fourth-order valence-electron chi connectivity index (χ4n) is 3.46. The van der Waals surface area contributed by atoms with E-state index in [1.807, 2.05) is 31.2 Å². The lowest BCUT2D eigenvalue weighted by molar-refractivity contribution is -0.0908. The average molecular weight is 324 g/mol. The molecule has 1 spiro atoms. The average Bonchev–Trinajstić information content (AvgIpc) is 2.51. The third-order valence-corrected chi connectivity index (χ3v) is 5.28. The van der Waals surface area contributed by atoms with Gasteiger partial charge >= 0.3 is 6.09 Å². The fraction of sp³-hybridized carbons (Fsp3) is 0.588. The maximum Gasteiger partial charge on any atom is 0.410 e. The van der Waals surface area contributed by atoms with Crippen molar-refractivity contribution in [3.63, 3.8) is 0 Å². The number of rotatable bonds is 2. The predicted molar refractivity (Wildman–Crippen MR) is 84.9 cm³/mol. The number of carbonyl (C=O) groups excluding carboxylic acids is 1. The van der Waals surface area contributed by atoms with Crippen molar-refractivity contribution in [3.8, 4) is 0 Å². The molecule has 2 fully saturated rings. The topological polar surface area (TPSA) is 49.8 Å². The lowest BCUT2D eigenvalue weighted by Gasteiger charge is -2.45. The van der Waals surface area contributed by atoms with Gasteiger partial charge in [-0.15, -0.1) is 0 Å². The molecule has 3 rings (SSSR count). The summed E-state index contributed by atoms with van der Waals surface area (Å²) in [4.78, 5) is 14.2. The van der Waals surface area contributed by atoms with Crippen LogP contribution in [-0.2, 0) is 4.74 Å². The maximum atomic E-state index is 12.4. The third-order valence-electron chi connectivity index (χ3n) is 5.03. The fourth-order valence-corrected chi connectivity index (χ4v) is 3.59. The molecule has 1 amide bonds. The Morgan fingerprint density at radius 3 is 2.50 bits per heavy atom. The Bertz CT molecular complexity index is 537. The molecule has 0 bridgehead atoms. The second kappa shape index (κ2) is 6.09. The molecule has 1 aromatic carbocycles. The summed E-state index contributed by atoms with van der Waals surface area (Å²) in [6.45, 7) is 2.70. The van der Waals surface area contributed by atoms with Gasteiger partial charge in [-0.2, -0.15) is 0 Å². The van der Waals surface area contributed by atoms with Gasteiger partial charge < -0.3 is 14.7 Å². The number of hydrogen-bond donors (Lipinski definition) is 1. The van der Waals surface area contributed by atoms with Crippen LogP contribution in [0.4, 0.5) is 4.79 Å². The van der Waals surface area contributed by atoms with Crippen LogP contribution in [0.25, 0.3) is 0 Å². The number of aliphatic hydroxyl groups excluding tert-OH is 1. The Hall–Kier alpha value is -1.26. The molecular formula is C17H22ClNO3. The smallest absolute Gasteiger partial charge is 0.410 e. The summed E-state index contributed by atoms with van der Waals surface area (Å²) >= 11 is 5.91. The van der Waals surface area contributed by atoms with Crippen molar-refractivity contribution in [1.82, 2.24) is 4.90 Å². The summed E-state index contributed by atoms with van der Waals surface area (Å²) in [7, 11) is 0. The van der Waals surface area contributed by atoms with E-state index in [9.17, 15) is 9.90 Å². The van der Waals surface area contributed by atoms with Crippen molar-refractivity contribution in [2.75, 3.05) is 6.54 Å². The molecule has 0 radical (unpaired) electrons. The van der Waals surface area contributed by atoms with Crippen molar-refractivity contribution in [1.29, 1.82) is 0 Å². The van der Waals surface area contributed by atoms with E-state index in [2.05, 4.69) is 0 Å². The molecule has 1 N–H and O–H groups in total. The summed E-state index contributed by atoms with van der Waals surface area (Å²) in [6.07, 6.45) is 3.33. The number of amides is 1. The number of halogens is 1. The number of carbonyl (C=O) groups is 1. The lowest BCUT2D eigenvalue weighted by Crippen LogP contribution is -2.52. The Morgan fingerprint density at radius 1 is 1.27 bits per heavy atom. The molecule has 1 aliphatic heterocycles. The highest BCUT2D eigenvalue weighted by molar-refractivity contribution is 6.30. The minimum Gasteiger partial charge on any atom is -0.443 e. The first-order chi connectivity index (χ1) is 10.5. The van der Waals surface area contributed by atoms with Crippen LogP contribution in [0, 0.1) is 0 Å². The maximum absolute atomic E-state index is 12.4.